The molecule has 0 fully saturated rings. The number of aryl methyl sites for hydroxylation is 1. The van der Waals surface area contributed by atoms with Crippen LogP contribution in [0.4, 0.5) is 5.95 Å². The summed E-state index contributed by atoms with van der Waals surface area (Å²) in [4.78, 5) is 30.7. The summed E-state index contributed by atoms with van der Waals surface area (Å²) in [6, 6.07) is 7.63. The quantitative estimate of drug-likeness (QED) is 0.378. The molecule has 0 unspecified atom stereocenters. The average molecular weight is 417 g/mol. The molecule has 0 aliphatic rings. The number of imidazole rings is 1. The minimum absolute atomic E-state index is 0.279. The van der Waals surface area contributed by atoms with E-state index in [1.807, 2.05) is 31.2 Å². The number of nitrogens with zero attached hydrogens (tertiary/aromatic N) is 4. The number of benzene rings is 1. The summed E-state index contributed by atoms with van der Waals surface area (Å²) in [5.41, 5.74) is 4.12. The fraction of sp³-hybridized carbons (Fsp3) is 0.176. The largest absolute Gasteiger partial charge is 0.329 e. The van der Waals surface area contributed by atoms with E-state index in [1.54, 1.807) is 17.8 Å². The van der Waals surface area contributed by atoms with Crippen LogP contribution in [-0.4, -0.2) is 25.3 Å². The van der Waals surface area contributed by atoms with Crippen molar-refractivity contribution < 1.29 is 0 Å². The second-order valence-electron chi connectivity index (χ2n) is 5.89. The average Bonchev–Trinajstić information content (AvgIpc) is 2.93. The number of allylic oxidation sites excluding steroid dienone is 1. The molecule has 0 amide bonds. The summed E-state index contributed by atoms with van der Waals surface area (Å²) in [5.74, 6) is 0.350. The van der Waals surface area contributed by atoms with Crippen molar-refractivity contribution in [2.45, 2.75) is 13.5 Å². The smallest absolute Gasteiger partial charge is 0.299 e. The Kier molecular flexibility index (Phi) is 4.90. The zero-order valence-corrected chi connectivity index (χ0v) is 15.9. The molecule has 0 atom stereocenters. The molecule has 2 heterocycles. The Hall–Kier alpha value is -2.94. The second-order valence-corrected chi connectivity index (χ2v) is 6.81. The van der Waals surface area contributed by atoms with E-state index in [2.05, 4.69) is 43.0 Å². The van der Waals surface area contributed by atoms with Gasteiger partial charge in [-0.05, 0) is 24.6 Å². The van der Waals surface area contributed by atoms with E-state index >= 15 is 0 Å². The van der Waals surface area contributed by atoms with Crippen LogP contribution in [0.15, 0.2) is 55.6 Å². The number of aromatic amines is 1. The van der Waals surface area contributed by atoms with Gasteiger partial charge in [0.25, 0.3) is 5.56 Å². The maximum absolute atomic E-state index is 12.3. The Balaban J connectivity index is 2.04. The van der Waals surface area contributed by atoms with Crippen molar-refractivity contribution in [3.8, 4) is 0 Å². The van der Waals surface area contributed by atoms with Crippen LogP contribution in [0.25, 0.3) is 11.2 Å². The van der Waals surface area contributed by atoms with Crippen molar-refractivity contribution in [1.82, 2.24) is 19.1 Å². The first-order chi connectivity index (χ1) is 12.4. The number of H-pyrrole nitrogens is 1. The number of hydrazone groups is 1. The first-order valence-electron chi connectivity index (χ1n) is 7.75. The van der Waals surface area contributed by atoms with E-state index in [0.29, 0.717) is 12.5 Å². The summed E-state index contributed by atoms with van der Waals surface area (Å²) >= 11 is 3.38. The van der Waals surface area contributed by atoms with Crippen molar-refractivity contribution in [2.24, 2.45) is 12.1 Å². The Morgan fingerprint density at radius 3 is 2.73 bits per heavy atom. The molecule has 2 N–H and O–H groups in total. The molecule has 0 spiro atoms. The molecule has 8 nitrogen and oxygen atoms in total. The van der Waals surface area contributed by atoms with Crippen LogP contribution in [0.5, 0.6) is 0 Å². The van der Waals surface area contributed by atoms with Gasteiger partial charge in [0.15, 0.2) is 11.2 Å². The van der Waals surface area contributed by atoms with Crippen LogP contribution >= 0.6 is 15.9 Å². The number of hydrogen-bond acceptors (Lipinski definition) is 5. The first-order valence-corrected chi connectivity index (χ1v) is 8.54. The normalized spacial score (nSPS) is 11.3. The van der Waals surface area contributed by atoms with Gasteiger partial charge in [-0.15, -0.1) is 0 Å². The molecule has 1 aromatic carbocycles. The van der Waals surface area contributed by atoms with Crippen molar-refractivity contribution in [3.05, 3.63) is 67.3 Å². The standard InChI is InChI=1S/C17H17BrN6O2/c1-10(2)9-24-13-14(23(3)17(26)21-15(13)25)20-16(24)22-19-8-11-4-6-12(18)7-5-11/h4-8H,1,9H2,2-3H3,(H,20,22)(H,21,25,26)/b19-8-. The predicted octanol–water partition coefficient (Wildman–Crippen LogP) is 2.21. The van der Waals surface area contributed by atoms with Gasteiger partial charge in [-0.3, -0.25) is 18.9 Å². The van der Waals surface area contributed by atoms with E-state index in [9.17, 15) is 9.59 Å². The second kappa shape index (κ2) is 7.12. The molecule has 26 heavy (non-hydrogen) atoms. The van der Waals surface area contributed by atoms with E-state index in [-0.39, 0.29) is 11.2 Å². The number of hydrogen-bond donors (Lipinski definition) is 2. The molecule has 0 saturated heterocycles. The lowest BCUT2D eigenvalue weighted by Crippen LogP contribution is -2.29. The zero-order valence-electron chi connectivity index (χ0n) is 14.3. The number of nitrogens with one attached hydrogen (secondary N) is 2. The van der Waals surface area contributed by atoms with E-state index in [4.69, 9.17) is 0 Å². The fourth-order valence-electron chi connectivity index (χ4n) is 2.46. The van der Waals surface area contributed by atoms with E-state index in [0.717, 1.165) is 15.6 Å². The lowest BCUT2D eigenvalue weighted by molar-refractivity contribution is 0.800. The van der Waals surface area contributed by atoms with Crippen LogP contribution in [0, 0.1) is 0 Å². The van der Waals surface area contributed by atoms with Gasteiger partial charge < -0.3 is 0 Å². The van der Waals surface area contributed by atoms with Crippen LogP contribution in [0.3, 0.4) is 0 Å². The first kappa shape index (κ1) is 17.9. The number of halogens is 1. The van der Waals surface area contributed by atoms with Crippen LogP contribution < -0.4 is 16.7 Å². The number of aromatic nitrogens is 4. The Morgan fingerprint density at radius 1 is 1.38 bits per heavy atom. The number of anilines is 1. The summed E-state index contributed by atoms with van der Waals surface area (Å²) < 4.78 is 3.91. The maximum atomic E-state index is 12.3. The van der Waals surface area contributed by atoms with Crippen LogP contribution in [0.1, 0.15) is 12.5 Å². The van der Waals surface area contributed by atoms with Crippen molar-refractivity contribution >= 4 is 39.3 Å². The topological polar surface area (TPSA) is 97.1 Å². The summed E-state index contributed by atoms with van der Waals surface area (Å²) in [6.07, 6.45) is 1.64. The highest BCUT2D eigenvalue weighted by Crippen LogP contribution is 2.17. The molecule has 3 aromatic rings. The SMILES string of the molecule is C=C(C)Cn1c(N/N=C\c2ccc(Br)cc2)nc2c1c(=O)[nH]c(=O)n2C. The predicted molar refractivity (Wildman–Crippen MR) is 106 cm³/mol. The molecular formula is C17H17BrN6O2. The van der Waals surface area contributed by atoms with Gasteiger partial charge in [-0.2, -0.15) is 10.1 Å². The Morgan fingerprint density at radius 2 is 2.08 bits per heavy atom. The monoisotopic (exact) mass is 416 g/mol. The van der Waals surface area contributed by atoms with Gasteiger partial charge in [0.05, 0.1) is 6.21 Å². The molecule has 9 heteroatoms. The summed E-state index contributed by atoms with van der Waals surface area (Å²) in [7, 11) is 1.55. The third kappa shape index (κ3) is 3.52. The maximum Gasteiger partial charge on any atom is 0.329 e. The molecule has 2 aromatic heterocycles. The summed E-state index contributed by atoms with van der Waals surface area (Å²) in [5, 5.41) is 4.18. The van der Waals surface area contributed by atoms with Crippen molar-refractivity contribution in [1.29, 1.82) is 0 Å². The van der Waals surface area contributed by atoms with Gasteiger partial charge >= 0.3 is 5.69 Å². The number of rotatable bonds is 5. The van der Waals surface area contributed by atoms with E-state index < -0.39 is 11.2 Å². The molecular weight excluding hydrogens is 400 g/mol. The van der Waals surface area contributed by atoms with Gasteiger partial charge in [0.1, 0.15) is 0 Å². The molecule has 0 bridgehead atoms. The lowest BCUT2D eigenvalue weighted by Gasteiger charge is -2.07. The van der Waals surface area contributed by atoms with Gasteiger partial charge in [-0.25, -0.2) is 10.2 Å². The number of fused-ring (bicyclic) bond motifs is 1. The lowest BCUT2D eigenvalue weighted by atomic mass is 10.2. The van der Waals surface area contributed by atoms with Crippen LogP contribution in [-0.2, 0) is 13.6 Å². The third-order valence-corrected chi connectivity index (χ3v) is 4.21. The van der Waals surface area contributed by atoms with Crippen molar-refractivity contribution in [3.63, 3.8) is 0 Å². The molecule has 134 valence electrons. The van der Waals surface area contributed by atoms with Gasteiger partial charge in [0, 0.05) is 18.1 Å². The molecule has 0 aliphatic heterocycles. The Bertz CT molecular complexity index is 1120. The van der Waals surface area contributed by atoms with Gasteiger partial charge in [-0.1, -0.05) is 40.2 Å². The minimum atomic E-state index is -0.521. The van der Waals surface area contributed by atoms with E-state index in [1.165, 1.54) is 4.57 Å². The highest BCUT2D eigenvalue weighted by Gasteiger charge is 2.17. The van der Waals surface area contributed by atoms with Gasteiger partial charge in [0.2, 0.25) is 5.95 Å². The Labute approximate surface area is 157 Å². The zero-order chi connectivity index (χ0) is 18.8. The molecule has 0 saturated carbocycles. The van der Waals surface area contributed by atoms with Crippen LogP contribution in [0.2, 0.25) is 0 Å². The third-order valence-electron chi connectivity index (χ3n) is 3.68. The minimum Gasteiger partial charge on any atom is -0.299 e. The molecule has 0 radical (unpaired) electrons. The van der Waals surface area contributed by atoms with Crippen molar-refractivity contribution in [2.75, 3.05) is 5.43 Å². The fourth-order valence-corrected chi connectivity index (χ4v) is 2.72. The highest BCUT2D eigenvalue weighted by atomic mass is 79.9. The molecule has 0 aliphatic carbocycles. The molecule has 3 rings (SSSR count). The highest BCUT2D eigenvalue weighted by molar-refractivity contribution is 9.10. The summed E-state index contributed by atoms with van der Waals surface area (Å²) in [6.45, 7) is 6.10.